The number of anilines is 2. The van der Waals surface area contributed by atoms with Gasteiger partial charge >= 0.3 is 0 Å². The van der Waals surface area contributed by atoms with Gasteiger partial charge in [0.25, 0.3) is 5.56 Å². The number of hydrogen-bond donors (Lipinski definition) is 2. The second-order valence-corrected chi connectivity index (χ2v) is 14.0. The number of pyridine rings is 2. The minimum absolute atomic E-state index is 0.0547. The lowest BCUT2D eigenvalue weighted by Gasteiger charge is -2.35. The zero-order valence-corrected chi connectivity index (χ0v) is 26.2. The Balaban J connectivity index is 1.12. The smallest absolute Gasteiger partial charge is 0.271 e. The number of morpholine rings is 1. The Kier molecular flexibility index (Phi) is 8.51. The van der Waals surface area contributed by atoms with Gasteiger partial charge in [-0.15, -0.1) is 0 Å². The van der Waals surface area contributed by atoms with Crippen molar-refractivity contribution in [2.24, 2.45) is 5.92 Å². The number of benzene rings is 2. The number of aromatic amines is 1. The Morgan fingerprint density at radius 3 is 2.67 bits per heavy atom. The van der Waals surface area contributed by atoms with Gasteiger partial charge in [-0.25, -0.2) is 0 Å². The number of aryl methyl sites for hydroxylation is 1. The number of aromatic nitrogens is 2. The van der Waals surface area contributed by atoms with Crippen LogP contribution in [0.3, 0.4) is 0 Å². The summed E-state index contributed by atoms with van der Waals surface area (Å²) < 4.78 is 6.30. The van der Waals surface area contributed by atoms with Crippen LogP contribution in [0.15, 0.2) is 97.4 Å². The van der Waals surface area contributed by atoms with E-state index in [4.69, 9.17) is 9.72 Å². The molecule has 0 amide bonds. The van der Waals surface area contributed by atoms with Gasteiger partial charge in [0.05, 0.1) is 18.3 Å². The molecule has 1 saturated heterocycles. The molecule has 2 fully saturated rings. The Labute approximate surface area is 262 Å². The number of nitrogens with one attached hydrogen (secondary N) is 2. The van der Waals surface area contributed by atoms with Crippen LogP contribution < -0.4 is 15.8 Å². The molecule has 2 N–H and O–H groups in total. The summed E-state index contributed by atoms with van der Waals surface area (Å²) in [4.78, 5) is 27.4. The summed E-state index contributed by atoms with van der Waals surface area (Å²) in [5.74, 6) is 0.584. The van der Waals surface area contributed by atoms with Gasteiger partial charge in [0.15, 0.2) is 0 Å². The second kappa shape index (κ2) is 12.8. The zero-order valence-electron chi connectivity index (χ0n) is 24.6. The standard InChI is InChI=1S/C35H38N4O2S2/c1-23-13-15-27(37-21-23)33(24-8-4-2-3-5-9-24)38-25-14-16-30-32(20-25)42-31-12-6-10-26(34(31)43-30)29-22-39(18-19-41-29)28-11-7-17-36-35(28)40/h6-7,10-17,20-21,24,29,33,38H,2-5,8-9,18-19,22H2,1H3,(H,36,40). The van der Waals surface area contributed by atoms with E-state index in [0.717, 1.165) is 11.4 Å². The largest absolute Gasteiger partial charge is 0.376 e. The summed E-state index contributed by atoms with van der Waals surface area (Å²) >= 11 is 3.67. The lowest BCUT2D eigenvalue weighted by Crippen LogP contribution is -2.41. The van der Waals surface area contributed by atoms with Crippen LogP contribution >= 0.6 is 23.5 Å². The number of rotatable bonds is 6. The first-order chi connectivity index (χ1) is 21.1. The van der Waals surface area contributed by atoms with Crippen LogP contribution in [-0.2, 0) is 4.74 Å². The summed E-state index contributed by atoms with van der Waals surface area (Å²) in [5, 5.41) is 3.94. The first kappa shape index (κ1) is 28.6. The van der Waals surface area contributed by atoms with Crippen LogP contribution in [0.2, 0.25) is 0 Å². The maximum atomic E-state index is 12.5. The molecule has 4 heterocycles. The number of H-pyrrole nitrogens is 1. The molecule has 0 radical (unpaired) electrons. The van der Waals surface area contributed by atoms with E-state index in [2.05, 4.69) is 70.7 Å². The second-order valence-electron chi connectivity index (χ2n) is 11.9. The molecule has 2 atom stereocenters. The fourth-order valence-electron chi connectivity index (χ4n) is 6.60. The SMILES string of the molecule is Cc1ccc(C(Nc2ccc3c(c2)Sc2cccc(C4CN(c5ccc[nH]c5=O)CCO4)c2S3)C2CCCCCC2)nc1. The van der Waals surface area contributed by atoms with Crippen molar-refractivity contribution in [3.05, 3.63) is 100 Å². The molecule has 2 aliphatic heterocycles. The quantitative estimate of drug-likeness (QED) is 0.187. The minimum atomic E-state index is -0.0961. The molecule has 4 aromatic rings. The van der Waals surface area contributed by atoms with Gasteiger partial charge in [-0.05, 0) is 79.3 Å². The fraction of sp³-hybridized carbons (Fsp3) is 0.371. The van der Waals surface area contributed by atoms with Gasteiger partial charge in [0.1, 0.15) is 11.8 Å². The lowest BCUT2D eigenvalue weighted by atomic mass is 9.89. The summed E-state index contributed by atoms with van der Waals surface area (Å²) in [6, 6.07) is 21.7. The van der Waals surface area contributed by atoms with Crippen molar-refractivity contribution in [3.63, 3.8) is 0 Å². The van der Waals surface area contributed by atoms with Gasteiger partial charge in [0, 0.05) is 50.8 Å². The average Bonchev–Trinajstić information content (AvgIpc) is 3.33. The summed E-state index contributed by atoms with van der Waals surface area (Å²) in [6.45, 7) is 4.05. The lowest BCUT2D eigenvalue weighted by molar-refractivity contribution is 0.0378. The molecule has 2 aromatic carbocycles. The maximum Gasteiger partial charge on any atom is 0.271 e. The van der Waals surface area contributed by atoms with Gasteiger partial charge in [0.2, 0.25) is 0 Å². The van der Waals surface area contributed by atoms with Crippen LogP contribution in [0.4, 0.5) is 11.4 Å². The number of nitrogens with zero attached hydrogens (tertiary/aromatic N) is 2. The van der Waals surface area contributed by atoms with Crippen LogP contribution in [-0.4, -0.2) is 29.7 Å². The van der Waals surface area contributed by atoms with Gasteiger partial charge in [-0.3, -0.25) is 9.78 Å². The Hall–Kier alpha value is -3.20. The third-order valence-electron chi connectivity index (χ3n) is 8.88. The molecule has 222 valence electrons. The Bertz CT molecular complexity index is 1630. The predicted octanol–water partition coefficient (Wildman–Crippen LogP) is 8.40. The van der Waals surface area contributed by atoms with Crippen LogP contribution in [0.25, 0.3) is 0 Å². The van der Waals surface area contributed by atoms with Crippen LogP contribution in [0, 0.1) is 12.8 Å². The highest BCUT2D eigenvalue weighted by Crippen LogP contribution is 2.52. The normalized spacial score (nSPS) is 19.7. The molecule has 0 spiro atoms. The van der Waals surface area contributed by atoms with E-state index in [9.17, 15) is 4.79 Å². The topological polar surface area (TPSA) is 70.2 Å². The van der Waals surface area contributed by atoms with Crippen molar-refractivity contribution < 1.29 is 4.74 Å². The van der Waals surface area contributed by atoms with Crippen LogP contribution in [0.1, 0.15) is 67.5 Å². The Morgan fingerprint density at radius 2 is 1.86 bits per heavy atom. The van der Waals surface area contributed by atoms with E-state index in [0.29, 0.717) is 31.3 Å². The van der Waals surface area contributed by atoms with Gasteiger partial charge < -0.3 is 19.9 Å². The summed E-state index contributed by atoms with van der Waals surface area (Å²) in [6.07, 6.45) is 11.4. The van der Waals surface area contributed by atoms with E-state index in [1.54, 1.807) is 6.20 Å². The molecule has 1 saturated carbocycles. The molecule has 0 bridgehead atoms. The van der Waals surface area contributed by atoms with E-state index in [1.165, 1.54) is 69.2 Å². The first-order valence-corrected chi connectivity index (χ1v) is 17.1. The van der Waals surface area contributed by atoms with Crippen molar-refractivity contribution in [2.45, 2.75) is 77.2 Å². The van der Waals surface area contributed by atoms with E-state index < -0.39 is 0 Å². The molecule has 7 rings (SSSR count). The highest BCUT2D eigenvalue weighted by molar-refractivity contribution is 8.05. The maximum absolute atomic E-state index is 12.5. The molecular formula is C35H38N4O2S2. The predicted molar refractivity (Wildman–Crippen MR) is 176 cm³/mol. The summed E-state index contributed by atoms with van der Waals surface area (Å²) in [7, 11) is 0. The molecule has 3 aliphatic rings. The molecule has 6 nitrogen and oxygen atoms in total. The molecule has 8 heteroatoms. The molecule has 43 heavy (non-hydrogen) atoms. The molecule has 2 aromatic heterocycles. The average molecular weight is 611 g/mol. The van der Waals surface area contributed by atoms with Crippen molar-refractivity contribution in [1.29, 1.82) is 0 Å². The fourth-order valence-corrected chi connectivity index (χ4v) is 9.05. The molecule has 1 aliphatic carbocycles. The molecule has 2 unspecified atom stereocenters. The van der Waals surface area contributed by atoms with E-state index in [1.807, 2.05) is 41.9 Å². The summed E-state index contributed by atoms with van der Waals surface area (Å²) in [5.41, 5.74) is 5.34. The van der Waals surface area contributed by atoms with Crippen molar-refractivity contribution in [1.82, 2.24) is 9.97 Å². The van der Waals surface area contributed by atoms with Gasteiger partial charge in [-0.2, -0.15) is 0 Å². The monoisotopic (exact) mass is 610 g/mol. The Morgan fingerprint density at radius 1 is 0.977 bits per heavy atom. The number of fused-ring (bicyclic) bond motifs is 2. The van der Waals surface area contributed by atoms with Crippen LogP contribution in [0.5, 0.6) is 0 Å². The van der Waals surface area contributed by atoms with Crippen molar-refractivity contribution in [2.75, 3.05) is 29.9 Å². The van der Waals surface area contributed by atoms with E-state index in [-0.39, 0.29) is 17.7 Å². The molecular weight excluding hydrogens is 573 g/mol. The number of ether oxygens (including phenoxy) is 1. The first-order valence-electron chi connectivity index (χ1n) is 15.5. The highest BCUT2D eigenvalue weighted by Gasteiger charge is 2.30. The third kappa shape index (κ3) is 6.24. The van der Waals surface area contributed by atoms with Crippen molar-refractivity contribution in [3.8, 4) is 0 Å². The van der Waals surface area contributed by atoms with Gasteiger partial charge in [-0.1, -0.05) is 67.4 Å². The minimum Gasteiger partial charge on any atom is -0.376 e. The van der Waals surface area contributed by atoms with E-state index >= 15 is 0 Å². The zero-order chi connectivity index (χ0) is 29.2. The highest BCUT2D eigenvalue weighted by atomic mass is 32.2. The third-order valence-corrected chi connectivity index (χ3v) is 11.5. The van der Waals surface area contributed by atoms with Crippen molar-refractivity contribution >= 4 is 34.9 Å². The number of hydrogen-bond acceptors (Lipinski definition) is 7.